The topological polar surface area (TPSA) is 74.8 Å². The molecule has 0 aliphatic rings. The van der Waals surface area contributed by atoms with E-state index in [4.69, 9.17) is 21.5 Å². The highest BCUT2D eigenvalue weighted by Crippen LogP contribution is 2.28. The number of nitrogens with zero attached hydrogens (tertiary/aromatic N) is 4. The predicted molar refractivity (Wildman–Crippen MR) is 73.3 cm³/mol. The fourth-order valence-electron chi connectivity index (χ4n) is 1.78. The van der Waals surface area contributed by atoms with Crippen molar-refractivity contribution < 1.29 is 4.42 Å². The number of benzene rings is 2. The van der Waals surface area contributed by atoms with Crippen LogP contribution in [-0.4, -0.2) is 4.98 Å². The van der Waals surface area contributed by atoms with Gasteiger partial charge in [0.05, 0.1) is 0 Å². The van der Waals surface area contributed by atoms with Gasteiger partial charge < -0.3 is 4.42 Å². The molecule has 0 spiro atoms. The molecule has 1 heterocycles. The van der Waals surface area contributed by atoms with Gasteiger partial charge >= 0.3 is 0 Å². The fourth-order valence-corrected chi connectivity index (χ4v) is 1.94. The van der Waals surface area contributed by atoms with Crippen molar-refractivity contribution in [2.45, 2.75) is 0 Å². The first-order valence-corrected chi connectivity index (χ1v) is 5.86. The van der Waals surface area contributed by atoms with E-state index in [9.17, 15) is 0 Å². The Morgan fingerprint density at radius 1 is 1.21 bits per heavy atom. The highest BCUT2D eigenvalue weighted by molar-refractivity contribution is 6.31. The second-order valence-electron chi connectivity index (χ2n) is 3.87. The van der Waals surface area contributed by atoms with E-state index < -0.39 is 0 Å². The maximum absolute atomic E-state index is 8.43. The van der Waals surface area contributed by atoms with E-state index in [2.05, 4.69) is 15.0 Å². The minimum atomic E-state index is 0.465. The van der Waals surface area contributed by atoms with Gasteiger partial charge in [0.1, 0.15) is 5.52 Å². The second-order valence-corrected chi connectivity index (χ2v) is 4.31. The molecule has 0 saturated carbocycles. The molecule has 0 aliphatic carbocycles. The van der Waals surface area contributed by atoms with Gasteiger partial charge in [0.15, 0.2) is 5.58 Å². The van der Waals surface area contributed by atoms with Crippen LogP contribution in [0.4, 0.5) is 5.69 Å². The summed E-state index contributed by atoms with van der Waals surface area (Å²) in [4.78, 5) is 7.11. The number of hydrogen-bond acceptors (Lipinski definition) is 3. The van der Waals surface area contributed by atoms with Gasteiger partial charge in [-0.15, -0.1) is 0 Å². The van der Waals surface area contributed by atoms with E-state index in [1.54, 1.807) is 36.4 Å². The molecule has 0 fully saturated rings. The van der Waals surface area contributed by atoms with Crippen LogP contribution in [0.1, 0.15) is 0 Å². The monoisotopic (exact) mass is 270 g/mol. The molecule has 92 valence electrons. The normalized spacial score (nSPS) is 10.4. The van der Waals surface area contributed by atoms with Crippen molar-refractivity contribution in [2.24, 2.45) is 5.11 Å². The molecule has 2 aromatic carbocycles. The van der Waals surface area contributed by atoms with Crippen molar-refractivity contribution in [1.29, 1.82) is 0 Å². The van der Waals surface area contributed by atoms with Crippen molar-refractivity contribution >= 4 is 28.4 Å². The Balaban J connectivity index is 2.13. The maximum atomic E-state index is 8.43. The molecule has 0 amide bonds. The third-order valence-electron chi connectivity index (χ3n) is 2.60. The fraction of sp³-hybridized carbons (Fsp3) is 0. The number of fused-ring (bicyclic) bond motifs is 1. The summed E-state index contributed by atoms with van der Waals surface area (Å²) in [7, 11) is 0. The third kappa shape index (κ3) is 2.25. The molecular formula is C13H7ClN4O. The molecule has 3 rings (SSSR count). The summed E-state index contributed by atoms with van der Waals surface area (Å²) in [5.74, 6) is 0.465. The van der Waals surface area contributed by atoms with Gasteiger partial charge in [-0.1, -0.05) is 28.8 Å². The Morgan fingerprint density at radius 2 is 2.11 bits per heavy atom. The molecule has 0 unspecified atom stereocenters. The van der Waals surface area contributed by atoms with Gasteiger partial charge in [-0.25, -0.2) is 4.98 Å². The van der Waals surface area contributed by atoms with Crippen LogP contribution in [0.25, 0.3) is 33.0 Å². The summed E-state index contributed by atoms with van der Waals surface area (Å²) in [6.07, 6.45) is 0. The molecule has 0 N–H and O–H groups in total. The second kappa shape index (κ2) is 4.65. The van der Waals surface area contributed by atoms with Crippen molar-refractivity contribution in [1.82, 2.24) is 4.98 Å². The largest absolute Gasteiger partial charge is 0.436 e. The Bertz CT molecular complexity index is 805. The van der Waals surface area contributed by atoms with E-state index in [1.165, 1.54) is 0 Å². The molecule has 3 aromatic rings. The van der Waals surface area contributed by atoms with Crippen LogP contribution in [0.3, 0.4) is 0 Å². The molecule has 0 aliphatic heterocycles. The van der Waals surface area contributed by atoms with E-state index >= 15 is 0 Å². The summed E-state index contributed by atoms with van der Waals surface area (Å²) < 4.78 is 5.64. The third-order valence-corrected chi connectivity index (χ3v) is 2.84. The molecule has 5 nitrogen and oxygen atoms in total. The average molecular weight is 271 g/mol. The van der Waals surface area contributed by atoms with Crippen LogP contribution in [0.15, 0.2) is 52.0 Å². The van der Waals surface area contributed by atoms with Crippen LogP contribution < -0.4 is 0 Å². The number of rotatable bonds is 2. The van der Waals surface area contributed by atoms with Crippen molar-refractivity contribution in [2.75, 3.05) is 0 Å². The zero-order valence-corrected chi connectivity index (χ0v) is 10.4. The maximum Gasteiger partial charge on any atom is 0.227 e. The van der Waals surface area contributed by atoms with Crippen LogP contribution in [-0.2, 0) is 0 Å². The first-order chi connectivity index (χ1) is 9.26. The molecule has 0 atom stereocenters. The van der Waals surface area contributed by atoms with Gasteiger partial charge in [-0.2, -0.15) is 0 Å². The average Bonchev–Trinajstić information content (AvgIpc) is 2.82. The highest BCUT2D eigenvalue weighted by atomic mass is 35.5. The molecule has 19 heavy (non-hydrogen) atoms. The molecule has 0 radical (unpaired) electrons. The summed E-state index contributed by atoms with van der Waals surface area (Å²) in [6, 6.07) is 12.3. The number of halogens is 1. The minimum absolute atomic E-state index is 0.465. The van der Waals surface area contributed by atoms with E-state index in [1.807, 2.05) is 6.07 Å². The summed E-state index contributed by atoms with van der Waals surface area (Å²) >= 11 is 5.90. The van der Waals surface area contributed by atoms with Crippen molar-refractivity contribution in [3.8, 4) is 11.5 Å². The summed E-state index contributed by atoms with van der Waals surface area (Å²) in [6.45, 7) is 0. The zero-order chi connectivity index (χ0) is 13.2. The zero-order valence-electron chi connectivity index (χ0n) is 9.62. The van der Waals surface area contributed by atoms with Gasteiger partial charge in [-0.3, -0.25) is 0 Å². The Kier molecular flexibility index (Phi) is 2.83. The first-order valence-electron chi connectivity index (χ1n) is 5.48. The minimum Gasteiger partial charge on any atom is -0.436 e. The van der Waals surface area contributed by atoms with Crippen molar-refractivity contribution in [3.05, 3.63) is 57.9 Å². The Morgan fingerprint density at radius 3 is 2.95 bits per heavy atom. The van der Waals surface area contributed by atoms with Crippen LogP contribution in [0, 0.1) is 0 Å². The first kappa shape index (κ1) is 11.6. The molecular weight excluding hydrogens is 264 g/mol. The number of oxazole rings is 1. The van der Waals surface area contributed by atoms with Crippen LogP contribution >= 0.6 is 11.6 Å². The molecule has 0 saturated heterocycles. The highest BCUT2D eigenvalue weighted by Gasteiger charge is 2.08. The Labute approximate surface area is 113 Å². The van der Waals surface area contributed by atoms with Crippen LogP contribution in [0.2, 0.25) is 5.02 Å². The van der Waals surface area contributed by atoms with Gasteiger partial charge in [0.2, 0.25) is 5.89 Å². The van der Waals surface area contributed by atoms with E-state index in [-0.39, 0.29) is 0 Å². The molecule has 6 heteroatoms. The Hall–Kier alpha value is -2.49. The SMILES string of the molecule is [N-]=[N+]=Nc1cccc(-c2nc3cc(Cl)ccc3o2)c1. The standard InChI is InChI=1S/C13H7ClN4O/c14-9-4-5-12-11(7-9)16-13(19-12)8-2-1-3-10(6-8)17-18-15/h1-7H. The molecule has 1 aromatic heterocycles. The lowest BCUT2D eigenvalue weighted by atomic mass is 10.2. The summed E-state index contributed by atoms with van der Waals surface area (Å²) in [5, 5.41) is 4.16. The predicted octanol–water partition coefficient (Wildman–Crippen LogP) is 5.09. The quantitative estimate of drug-likeness (QED) is 0.369. The lowest BCUT2D eigenvalue weighted by Gasteiger charge is -1.95. The van der Waals surface area contributed by atoms with Gasteiger partial charge in [0, 0.05) is 21.2 Å². The van der Waals surface area contributed by atoms with E-state index in [0.717, 1.165) is 5.56 Å². The number of aromatic nitrogens is 1. The lowest BCUT2D eigenvalue weighted by Crippen LogP contribution is -1.76. The van der Waals surface area contributed by atoms with E-state index in [0.29, 0.717) is 27.7 Å². The van der Waals surface area contributed by atoms with Crippen LogP contribution in [0.5, 0.6) is 0 Å². The van der Waals surface area contributed by atoms with Gasteiger partial charge in [0.25, 0.3) is 0 Å². The number of azide groups is 1. The smallest absolute Gasteiger partial charge is 0.227 e. The van der Waals surface area contributed by atoms with Crippen molar-refractivity contribution in [3.63, 3.8) is 0 Å². The summed E-state index contributed by atoms with van der Waals surface area (Å²) in [5.41, 5.74) is 11.0. The number of hydrogen-bond donors (Lipinski definition) is 0. The molecule has 0 bridgehead atoms. The van der Waals surface area contributed by atoms with Gasteiger partial charge in [-0.05, 0) is 35.9 Å². The lowest BCUT2D eigenvalue weighted by molar-refractivity contribution is 0.620.